The van der Waals surface area contributed by atoms with E-state index in [1.807, 2.05) is 11.6 Å². The van der Waals surface area contributed by atoms with E-state index in [9.17, 15) is 4.79 Å². The molecule has 0 amide bonds. The van der Waals surface area contributed by atoms with Gasteiger partial charge in [-0.3, -0.25) is 9.46 Å². The van der Waals surface area contributed by atoms with Crippen molar-refractivity contribution in [1.82, 2.24) is 4.67 Å². The van der Waals surface area contributed by atoms with Crippen molar-refractivity contribution in [1.29, 1.82) is 0 Å². The van der Waals surface area contributed by atoms with Crippen LogP contribution in [0.1, 0.15) is 13.3 Å². The maximum Gasteiger partial charge on any atom is 0.308 e. The highest BCUT2D eigenvalue weighted by Gasteiger charge is 2.34. The predicted molar refractivity (Wildman–Crippen MR) is 46.2 cm³/mol. The molecular weight excluding hydrogens is 161 g/mol. The van der Waals surface area contributed by atoms with Crippen molar-refractivity contribution < 1.29 is 9.90 Å². The van der Waals surface area contributed by atoms with Gasteiger partial charge in [0.2, 0.25) is 0 Å². The van der Waals surface area contributed by atoms with Crippen molar-refractivity contribution >= 4 is 15.4 Å². The van der Waals surface area contributed by atoms with Crippen LogP contribution in [0.5, 0.6) is 0 Å². The van der Waals surface area contributed by atoms with Gasteiger partial charge in [0.05, 0.1) is 5.92 Å². The Morgan fingerprint density at radius 2 is 2.36 bits per heavy atom. The third-order valence-corrected chi connectivity index (χ3v) is 2.73. The molecule has 1 saturated heterocycles. The van der Waals surface area contributed by atoms with Crippen LogP contribution in [0.3, 0.4) is 0 Å². The average Bonchev–Trinajstić information content (AvgIpc) is 2.30. The first kappa shape index (κ1) is 8.95. The van der Waals surface area contributed by atoms with Crippen LogP contribution in [0.15, 0.2) is 0 Å². The van der Waals surface area contributed by atoms with Gasteiger partial charge < -0.3 is 5.11 Å². The lowest BCUT2D eigenvalue weighted by Gasteiger charge is -2.10. The van der Waals surface area contributed by atoms with Crippen LogP contribution in [0.25, 0.3) is 0 Å². The summed E-state index contributed by atoms with van der Waals surface area (Å²) in [6.45, 7) is 3.63. The third-order valence-electron chi connectivity index (χ3n) is 2.31. The summed E-state index contributed by atoms with van der Waals surface area (Å²) in [5, 5.41) is 8.80. The monoisotopic (exact) mass is 175 g/mol. The SMILES string of the molecule is CC[C@H]1CN(P)C[C@H]1C(=O)O. The molecular formula is C7H14NO2P. The normalized spacial score (nSPS) is 32.5. The molecule has 0 aromatic heterocycles. The number of nitrogens with zero attached hydrogens (tertiary/aromatic N) is 1. The van der Waals surface area contributed by atoms with E-state index in [2.05, 4.69) is 9.39 Å². The Balaban J connectivity index is 2.57. The fourth-order valence-corrected chi connectivity index (χ4v) is 2.10. The Hall–Kier alpha value is -0.140. The zero-order valence-electron chi connectivity index (χ0n) is 6.66. The van der Waals surface area contributed by atoms with Crippen molar-refractivity contribution in [3.8, 4) is 0 Å². The minimum absolute atomic E-state index is 0.155. The first-order chi connectivity index (χ1) is 5.15. The first-order valence-electron chi connectivity index (χ1n) is 3.87. The summed E-state index contributed by atoms with van der Waals surface area (Å²) in [5.74, 6) is -0.468. The molecule has 0 radical (unpaired) electrons. The number of carbonyl (C=O) groups is 1. The number of rotatable bonds is 2. The first-order valence-corrected chi connectivity index (χ1v) is 4.39. The highest BCUT2D eigenvalue weighted by molar-refractivity contribution is 7.13. The van der Waals surface area contributed by atoms with Gasteiger partial charge in [-0.05, 0) is 5.92 Å². The molecule has 0 aliphatic carbocycles. The van der Waals surface area contributed by atoms with Crippen LogP contribution < -0.4 is 0 Å². The van der Waals surface area contributed by atoms with Gasteiger partial charge in [-0.25, -0.2) is 0 Å². The summed E-state index contributed by atoms with van der Waals surface area (Å²) in [6, 6.07) is 0. The number of hydrogen-bond donors (Lipinski definition) is 1. The van der Waals surface area contributed by atoms with Crippen LogP contribution in [-0.2, 0) is 4.79 Å². The number of carboxylic acid groups (broad SMARTS) is 1. The second kappa shape index (κ2) is 3.51. The van der Waals surface area contributed by atoms with E-state index in [4.69, 9.17) is 5.11 Å². The molecule has 11 heavy (non-hydrogen) atoms. The standard InChI is InChI=1S/C7H14NO2P/c1-2-5-3-8(11)4-6(5)7(9)10/h5-6H,2-4,11H2,1H3,(H,9,10)/t5-,6+/m0/s1. The molecule has 1 aliphatic rings. The lowest BCUT2D eigenvalue weighted by Crippen LogP contribution is -2.21. The maximum atomic E-state index is 10.7. The van der Waals surface area contributed by atoms with Crippen molar-refractivity contribution in [3.05, 3.63) is 0 Å². The lowest BCUT2D eigenvalue weighted by atomic mass is 9.94. The summed E-state index contributed by atoms with van der Waals surface area (Å²) in [7, 11) is 2.56. The molecule has 1 rings (SSSR count). The second-order valence-electron chi connectivity index (χ2n) is 3.07. The van der Waals surface area contributed by atoms with E-state index in [-0.39, 0.29) is 5.92 Å². The number of hydrogen-bond acceptors (Lipinski definition) is 2. The summed E-state index contributed by atoms with van der Waals surface area (Å²) < 4.78 is 2.01. The van der Waals surface area contributed by atoms with Crippen molar-refractivity contribution in [2.24, 2.45) is 11.8 Å². The lowest BCUT2D eigenvalue weighted by molar-refractivity contribution is -0.142. The molecule has 1 fully saturated rings. The smallest absolute Gasteiger partial charge is 0.308 e. The van der Waals surface area contributed by atoms with Crippen molar-refractivity contribution in [2.75, 3.05) is 13.1 Å². The highest BCUT2D eigenvalue weighted by Crippen LogP contribution is 2.28. The largest absolute Gasteiger partial charge is 0.481 e. The Bertz CT molecular complexity index is 163. The molecule has 0 bridgehead atoms. The molecule has 0 spiro atoms. The zero-order valence-corrected chi connectivity index (χ0v) is 7.81. The van der Waals surface area contributed by atoms with Crippen LogP contribution in [0, 0.1) is 11.8 Å². The molecule has 4 heteroatoms. The van der Waals surface area contributed by atoms with Gasteiger partial charge in [-0.15, -0.1) is 0 Å². The molecule has 0 aromatic rings. The molecule has 64 valence electrons. The van der Waals surface area contributed by atoms with Gasteiger partial charge >= 0.3 is 5.97 Å². The molecule has 1 N–H and O–H groups in total. The quantitative estimate of drug-likeness (QED) is 0.631. The van der Waals surface area contributed by atoms with E-state index < -0.39 is 5.97 Å². The minimum Gasteiger partial charge on any atom is -0.481 e. The van der Waals surface area contributed by atoms with Gasteiger partial charge in [0, 0.05) is 13.1 Å². The Morgan fingerprint density at radius 3 is 2.73 bits per heavy atom. The van der Waals surface area contributed by atoms with Gasteiger partial charge in [0.15, 0.2) is 0 Å². The molecule has 1 unspecified atom stereocenters. The molecule has 0 aromatic carbocycles. The zero-order chi connectivity index (χ0) is 8.43. The van der Waals surface area contributed by atoms with Crippen LogP contribution in [0.4, 0.5) is 0 Å². The topological polar surface area (TPSA) is 40.5 Å². The fourth-order valence-electron chi connectivity index (χ4n) is 1.60. The summed E-state index contributed by atoms with van der Waals surface area (Å²) in [5.41, 5.74) is 0. The molecule has 1 heterocycles. The number of aliphatic carboxylic acids is 1. The molecule has 0 saturated carbocycles. The average molecular weight is 175 g/mol. The van der Waals surface area contributed by atoms with E-state index in [1.165, 1.54) is 0 Å². The van der Waals surface area contributed by atoms with Crippen molar-refractivity contribution in [3.63, 3.8) is 0 Å². The maximum absolute atomic E-state index is 10.7. The number of carboxylic acids is 1. The van der Waals surface area contributed by atoms with E-state index in [1.54, 1.807) is 0 Å². The van der Waals surface area contributed by atoms with Gasteiger partial charge in [0.25, 0.3) is 0 Å². The van der Waals surface area contributed by atoms with E-state index in [0.29, 0.717) is 12.5 Å². The predicted octanol–water partition coefficient (Wildman–Crippen LogP) is 0.819. The minimum atomic E-state index is -0.651. The van der Waals surface area contributed by atoms with Gasteiger partial charge in [-0.1, -0.05) is 22.7 Å². The second-order valence-corrected chi connectivity index (χ2v) is 3.80. The van der Waals surface area contributed by atoms with Gasteiger partial charge in [-0.2, -0.15) is 0 Å². The Kier molecular flexibility index (Phi) is 2.85. The van der Waals surface area contributed by atoms with Crippen LogP contribution >= 0.6 is 9.39 Å². The fraction of sp³-hybridized carbons (Fsp3) is 0.857. The van der Waals surface area contributed by atoms with Crippen LogP contribution in [0.2, 0.25) is 0 Å². The van der Waals surface area contributed by atoms with Gasteiger partial charge in [0.1, 0.15) is 0 Å². The highest BCUT2D eigenvalue weighted by atomic mass is 31.0. The molecule has 3 nitrogen and oxygen atoms in total. The summed E-state index contributed by atoms with van der Waals surface area (Å²) >= 11 is 0. The van der Waals surface area contributed by atoms with E-state index in [0.717, 1.165) is 13.0 Å². The summed E-state index contributed by atoms with van der Waals surface area (Å²) in [6.07, 6.45) is 0.960. The third kappa shape index (κ3) is 1.91. The Morgan fingerprint density at radius 1 is 1.73 bits per heavy atom. The Labute approximate surface area is 69.0 Å². The molecule has 1 aliphatic heterocycles. The van der Waals surface area contributed by atoms with Crippen molar-refractivity contribution in [2.45, 2.75) is 13.3 Å². The summed E-state index contributed by atoms with van der Waals surface area (Å²) in [4.78, 5) is 10.7. The van der Waals surface area contributed by atoms with Crippen LogP contribution in [-0.4, -0.2) is 28.8 Å². The molecule has 3 atom stereocenters. The van der Waals surface area contributed by atoms with E-state index >= 15 is 0 Å².